The Kier molecular flexibility index (Phi) is 7.16. The summed E-state index contributed by atoms with van der Waals surface area (Å²) in [5.74, 6) is 0.159. The second-order valence-corrected chi connectivity index (χ2v) is 16.6. The molecular formula is C36H36N2O6Si. The number of nitrogens with zero attached hydrogens (tertiary/aromatic N) is 2. The van der Waals surface area contributed by atoms with Crippen LogP contribution in [0.4, 0.5) is 17.1 Å². The third-order valence-electron chi connectivity index (χ3n) is 9.47. The van der Waals surface area contributed by atoms with Crippen LogP contribution in [-0.4, -0.2) is 42.7 Å². The van der Waals surface area contributed by atoms with E-state index in [9.17, 15) is 19.5 Å². The standard InChI is InChI=1S/C36H36N2O6Si/c1-23-33(45(2,3)42)32(19-20-39)44-36(23)27-21-25(17-18-28(27)37(35(36)41)22-24-11-5-4-6-12-24)38-29-14-8-10-16-31(29)43-30-15-9-7-13-26(30)34(38)40/h4-18,21,23,32-33,39,42H,19-20,22H2,1-3H3/t23-,32+,33-,36+/m0/s1. The van der Waals surface area contributed by atoms with Crippen LogP contribution in [0.2, 0.25) is 18.6 Å². The molecule has 0 bridgehead atoms. The van der Waals surface area contributed by atoms with Gasteiger partial charge in [0.1, 0.15) is 5.75 Å². The fourth-order valence-electron chi connectivity index (χ4n) is 7.59. The van der Waals surface area contributed by atoms with Crippen LogP contribution in [0.1, 0.15) is 34.8 Å². The quantitative estimate of drug-likeness (QED) is 0.239. The van der Waals surface area contributed by atoms with Gasteiger partial charge in [-0.15, -0.1) is 0 Å². The monoisotopic (exact) mass is 620 g/mol. The molecule has 4 atom stereocenters. The van der Waals surface area contributed by atoms with Gasteiger partial charge in [0.05, 0.1) is 29.6 Å². The zero-order valence-electron chi connectivity index (χ0n) is 25.5. The molecule has 1 fully saturated rings. The number of aliphatic hydroxyl groups is 1. The highest BCUT2D eigenvalue weighted by molar-refractivity contribution is 6.71. The van der Waals surface area contributed by atoms with Crippen molar-refractivity contribution in [3.63, 3.8) is 0 Å². The minimum Gasteiger partial charge on any atom is -0.454 e. The molecule has 3 aliphatic heterocycles. The van der Waals surface area contributed by atoms with Crippen molar-refractivity contribution in [1.29, 1.82) is 0 Å². The van der Waals surface area contributed by atoms with Crippen LogP contribution >= 0.6 is 0 Å². The van der Waals surface area contributed by atoms with Gasteiger partial charge in [0.2, 0.25) is 0 Å². The Morgan fingerprint density at radius 3 is 2.29 bits per heavy atom. The van der Waals surface area contributed by atoms with E-state index in [1.165, 1.54) is 0 Å². The van der Waals surface area contributed by atoms with E-state index in [1.807, 2.05) is 105 Å². The second kappa shape index (κ2) is 11.0. The third-order valence-corrected chi connectivity index (χ3v) is 12.0. The Labute approximate surface area is 263 Å². The number of carbonyl (C=O) groups excluding carboxylic acids is 2. The lowest BCUT2D eigenvalue weighted by Crippen LogP contribution is -2.46. The fraction of sp³-hybridized carbons (Fsp3) is 0.278. The highest BCUT2D eigenvalue weighted by atomic mass is 28.4. The first kappa shape index (κ1) is 29.4. The summed E-state index contributed by atoms with van der Waals surface area (Å²) in [6.45, 7) is 5.92. The molecule has 8 nitrogen and oxygen atoms in total. The van der Waals surface area contributed by atoms with Gasteiger partial charge in [-0.25, -0.2) is 0 Å². The number of anilines is 3. The largest absolute Gasteiger partial charge is 0.454 e. The predicted molar refractivity (Wildman–Crippen MR) is 174 cm³/mol. The molecule has 4 aromatic carbocycles. The summed E-state index contributed by atoms with van der Waals surface area (Å²) in [6, 6.07) is 30.0. The zero-order chi connectivity index (χ0) is 31.5. The molecule has 9 heteroatoms. The van der Waals surface area contributed by atoms with Crippen LogP contribution in [0.5, 0.6) is 11.5 Å². The van der Waals surface area contributed by atoms with E-state index < -0.39 is 20.0 Å². The molecule has 230 valence electrons. The maximum Gasteiger partial charge on any atom is 0.266 e. The summed E-state index contributed by atoms with van der Waals surface area (Å²) < 4.78 is 13.0. The Morgan fingerprint density at radius 1 is 0.867 bits per heavy atom. The van der Waals surface area contributed by atoms with Crippen molar-refractivity contribution in [1.82, 2.24) is 0 Å². The van der Waals surface area contributed by atoms with E-state index in [1.54, 1.807) is 21.9 Å². The van der Waals surface area contributed by atoms with Crippen LogP contribution in [0.25, 0.3) is 0 Å². The molecule has 45 heavy (non-hydrogen) atoms. The number of amides is 2. The lowest BCUT2D eigenvalue weighted by molar-refractivity contribution is -0.146. The average molecular weight is 621 g/mol. The summed E-state index contributed by atoms with van der Waals surface area (Å²) in [6.07, 6.45) is -0.199. The number of ether oxygens (including phenoxy) is 2. The van der Waals surface area contributed by atoms with Crippen molar-refractivity contribution in [2.24, 2.45) is 5.92 Å². The number of hydrogen-bond acceptors (Lipinski definition) is 6. The lowest BCUT2D eigenvalue weighted by Gasteiger charge is -2.32. The summed E-state index contributed by atoms with van der Waals surface area (Å²) in [5.41, 5.74) is 2.19. The normalized spacial score (nSPS) is 23.9. The van der Waals surface area contributed by atoms with Crippen molar-refractivity contribution in [2.75, 3.05) is 16.4 Å². The Morgan fingerprint density at radius 2 is 1.56 bits per heavy atom. The molecule has 2 amide bonds. The minimum absolute atomic E-state index is 0.123. The lowest BCUT2D eigenvalue weighted by atomic mass is 9.82. The summed E-state index contributed by atoms with van der Waals surface area (Å²) >= 11 is 0. The van der Waals surface area contributed by atoms with Crippen LogP contribution in [-0.2, 0) is 21.7 Å². The number of benzene rings is 4. The van der Waals surface area contributed by atoms with Gasteiger partial charge < -0.3 is 24.3 Å². The molecule has 0 saturated carbocycles. The molecule has 0 radical (unpaired) electrons. The van der Waals surface area contributed by atoms with Gasteiger partial charge in [-0.05, 0) is 67.5 Å². The molecule has 2 N–H and O–H groups in total. The van der Waals surface area contributed by atoms with Gasteiger partial charge in [0.15, 0.2) is 19.7 Å². The molecule has 0 aromatic heterocycles. The first-order chi connectivity index (χ1) is 21.6. The van der Waals surface area contributed by atoms with Crippen molar-refractivity contribution >= 4 is 37.2 Å². The topological polar surface area (TPSA) is 99.5 Å². The molecule has 3 heterocycles. The van der Waals surface area contributed by atoms with E-state index in [0.29, 0.717) is 52.7 Å². The van der Waals surface area contributed by atoms with Crippen molar-refractivity contribution < 1.29 is 29.0 Å². The van der Waals surface area contributed by atoms with E-state index in [4.69, 9.17) is 9.47 Å². The molecule has 1 saturated heterocycles. The highest BCUT2D eigenvalue weighted by Crippen LogP contribution is 2.60. The summed E-state index contributed by atoms with van der Waals surface area (Å²) in [4.78, 5) is 43.9. The Hall–Kier alpha value is -4.28. The van der Waals surface area contributed by atoms with Crippen LogP contribution < -0.4 is 14.5 Å². The van der Waals surface area contributed by atoms with E-state index in [2.05, 4.69) is 0 Å². The summed E-state index contributed by atoms with van der Waals surface area (Å²) in [5, 5.41) is 9.98. The molecular weight excluding hydrogens is 584 g/mol. The number of carbonyl (C=O) groups is 2. The molecule has 0 unspecified atom stereocenters. The van der Waals surface area contributed by atoms with Gasteiger partial charge in [0.25, 0.3) is 11.8 Å². The van der Waals surface area contributed by atoms with Gasteiger partial charge in [-0.3, -0.25) is 14.5 Å². The van der Waals surface area contributed by atoms with Crippen LogP contribution in [0.3, 0.4) is 0 Å². The van der Waals surface area contributed by atoms with Gasteiger partial charge in [-0.2, -0.15) is 0 Å². The van der Waals surface area contributed by atoms with Crippen molar-refractivity contribution in [2.45, 2.75) is 50.2 Å². The minimum atomic E-state index is -2.87. The first-order valence-corrected chi connectivity index (χ1v) is 18.4. The smallest absolute Gasteiger partial charge is 0.266 e. The predicted octanol–water partition coefficient (Wildman–Crippen LogP) is 6.50. The fourth-order valence-corrected chi connectivity index (χ4v) is 10.2. The zero-order valence-corrected chi connectivity index (χ0v) is 26.5. The third kappa shape index (κ3) is 4.61. The van der Waals surface area contributed by atoms with Crippen LogP contribution in [0.15, 0.2) is 97.1 Å². The molecule has 3 aliphatic rings. The number of fused-ring (bicyclic) bond motifs is 4. The Balaban J connectivity index is 1.42. The average Bonchev–Trinajstić information content (AvgIpc) is 3.39. The van der Waals surface area contributed by atoms with Crippen LogP contribution in [0, 0.1) is 5.92 Å². The molecule has 1 spiro atoms. The maximum atomic E-state index is 14.8. The van der Waals surface area contributed by atoms with Crippen molar-refractivity contribution in [3.8, 4) is 11.5 Å². The van der Waals surface area contributed by atoms with E-state index in [-0.39, 0.29) is 29.9 Å². The van der Waals surface area contributed by atoms with Gasteiger partial charge in [0, 0.05) is 29.3 Å². The van der Waals surface area contributed by atoms with Crippen molar-refractivity contribution in [3.05, 3.63) is 114 Å². The van der Waals surface area contributed by atoms with Gasteiger partial charge >= 0.3 is 0 Å². The number of hydrogen-bond donors (Lipinski definition) is 2. The first-order valence-electron chi connectivity index (χ1n) is 15.4. The SMILES string of the molecule is C[C@H]1[C@H]([Si](C)(C)O)[C@@H](CCO)O[C@]12C(=O)N(Cc1ccccc1)c1ccc(N3C(=O)c4ccccc4Oc4ccccc43)cc12. The Bertz CT molecular complexity index is 1790. The summed E-state index contributed by atoms with van der Waals surface area (Å²) in [7, 11) is -2.87. The maximum absolute atomic E-state index is 14.8. The number of para-hydroxylation sites is 3. The highest BCUT2D eigenvalue weighted by Gasteiger charge is 2.66. The van der Waals surface area contributed by atoms with Gasteiger partial charge in [-0.1, -0.05) is 61.5 Å². The number of aliphatic hydroxyl groups excluding tert-OH is 1. The molecule has 4 aromatic rings. The van der Waals surface area contributed by atoms with E-state index in [0.717, 1.165) is 5.56 Å². The number of rotatable bonds is 6. The molecule has 7 rings (SSSR count). The second-order valence-electron chi connectivity index (χ2n) is 12.7. The molecule has 0 aliphatic carbocycles. The van der Waals surface area contributed by atoms with E-state index >= 15 is 0 Å².